The summed E-state index contributed by atoms with van der Waals surface area (Å²) in [6.45, 7) is 8.18. The number of piperidine rings is 2. The van der Waals surface area contributed by atoms with Crippen molar-refractivity contribution in [1.82, 2.24) is 15.1 Å². The van der Waals surface area contributed by atoms with Crippen LogP contribution in [-0.2, 0) is 0 Å². The largest absolute Gasteiger partial charge is 0.391 e. The van der Waals surface area contributed by atoms with E-state index in [9.17, 15) is 9.90 Å². The van der Waals surface area contributed by atoms with Gasteiger partial charge in [-0.3, -0.25) is 0 Å². The fourth-order valence-electron chi connectivity index (χ4n) is 4.48. The Morgan fingerprint density at radius 1 is 0.958 bits per heavy atom. The van der Waals surface area contributed by atoms with E-state index in [1.54, 1.807) is 4.90 Å². The van der Waals surface area contributed by atoms with Crippen LogP contribution in [-0.4, -0.2) is 65.3 Å². The maximum Gasteiger partial charge on any atom is 0.317 e. The number of β-amino-alcohol motifs (C(OH)–C–C–N with tert-alkyl or cyclic N) is 1. The van der Waals surface area contributed by atoms with Crippen molar-refractivity contribution in [3.63, 3.8) is 0 Å². The molecule has 2 heterocycles. The molecule has 24 heavy (non-hydrogen) atoms. The van der Waals surface area contributed by atoms with Gasteiger partial charge in [-0.05, 0) is 69.9 Å². The molecule has 2 atom stereocenters. The molecule has 138 valence electrons. The number of nitrogens with one attached hydrogen (secondary N) is 1. The molecule has 5 heteroatoms. The lowest BCUT2D eigenvalue weighted by Crippen LogP contribution is -2.53. The lowest BCUT2D eigenvalue weighted by Gasteiger charge is -2.41. The molecule has 1 saturated carbocycles. The van der Waals surface area contributed by atoms with Gasteiger partial charge in [-0.1, -0.05) is 13.8 Å². The number of aliphatic hydroxyl groups excluding tert-OH is 1. The first-order chi connectivity index (χ1) is 11.5. The van der Waals surface area contributed by atoms with Crippen molar-refractivity contribution in [2.75, 3.05) is 26.2 Å². The van der Waals surface area contributed by atoms with Gasteiger partial charge in [-0.25, -0.2) is 4.79 Å². The number of likely N-dealkylation sites (tertiary alicyclic amines) is 2. The van der Waals surface area contributed by atoms with Crippen molar-refractivity contribution in [2.45, 2.75) is 77.0 Å². The average molecular weight is 338 g/mol. The predicted octanol–water partition coefficient (Wildman–Crippen LogP) is 2.44. The second-order valence-electron chi connectivity index (χ2n) is 8.45. The molecule has 2 amide bonds. The van der Waals surface area contributed by atoms with E-state index in [2.05, 4.69) is 24.1 Å². The number of amides is 2. The summed E-state index contributed by atoms with van der Waals surface area (Å²) in [5, 5.41) is 13.2. The van der Waals surface area contributed by atoms with Gasteiger partial charge in [0.2, 0.25) is 0 Å². The number of aliphatic hydroxyl groups is 1. The number of rotatable bonds is 2. The van der Waals surface area contributed by atoms with Gasteiger partial charge in [0.05, 0.1) is 6.10 Å². The maximum absolute atomic E-state index is 12.4. The second-order valence-corrected chi connectivity index (χ2v) is 8.45. The highest BCUT2D eigenvalue weighted by Gasteiger charge is 2.31. The zero-order valence-corrected chi connectivity index (χ0v) is 15.4. The fraction of sp³-hybridized carbons (Fsp3) is 0.947. The minimum absolute atomic E-state index is 0.0243. The van der Waals surface area contributed by atoms with E-state index in [1.165, 1.54) is 38.8 Å². The Kier molecular flexibility index (Phi) is 6.03. The number of urea groups is 1. The summed E-state index contributed by atoms with van der Waals surface area (Å²) in [7, 11) is 0. The van der Waals surface area contributed by atoms with Gasteiger partial charge in [-0.15, -0.1) is 0 Å². The van der Waals surface area contributed by atoms with Crippen LogP contribution in [0.3, 0.4) is 0 Å². The smallest absolute Gasteiger partial charge is 0.317 e. The first kappa shape index (κ1) is 18.0. The number of carbonyl (C=O) groups excluding carboxylic acids is 1. The third kappa shape index (κ3) is 4.42. The van der Waals surface area contributed by atoms with Crippen LogP contribution in [0, 0.1) is 11.8 Å². The van der Waals surface area contributed by atoms with E-state index in [0.717, 1.165) is 37.8 Å². The van der Waals surface area contributed by atoms with E-state index in [4.69, 9.17) is 0 Å². The molecule has 1 aliphatic carbocycles. The van der Waals surface area contributed by atoms with Gasteiger partial charge in [-0.2, -0.15) is 0 Å². The first-order valence-electron chi connectivity index (χ1n) is 10.0. The lowest BCUT2D eigenvalue weighted by molar-refractivity contribution is 0.0420. The Labute approximate surface area is 146 Å². The molecule has 0 aromatic heterocycles. The molecule has 0 aromatic rings. The highest BCUT2D eigenvalue weighted by atomic mass is 16.3. The molecule has 5 nitrogen and oxygen atoms in total. The molecule has 0 radical (unpaired) electrons. The molecule has 3 aliphatic rings. The van der Waals surface area contributed by atoms with Crippen LogP contribution >= 0.6 is 0 Å². The van der Waals surface area contributed by atoms with Gasteiger partial charge in [0.15, 0.2) is 0 Å². The van der Waals surface area contributed by atoms with Gasteiger partial charge < -0.3 is 20.2 Å². The number of nitrogens with zero attached hydrogens (tertiary/aromatic N) is 2. The fourth-order valence-corrected chi connectivity index (χ4v) is 4.48. The van der Waals surface area contributed by atoms with E-state index in [-0.39, 0.29) is 12.1 Å². The summed E-state index contributed by atoms with van der Waals surface area (Å²) in [4.78, 5) is 16.9. The van der Waals surface area contributed by atoms with Gasteiger partial charge >= 0.3 is 6.03 Å². The van der Waals surface area contributed by atoms with E-state index < -0.39 is 0 Å². The minimum atomic E-state index is -0.373. The molecule has 0 aromatic carbocycles. The van der Waals surface area contributed by atoms with E-state index in [1.807, 2.05) is 0 Å². The van der Waals surface area contributed by atoms with Crippen molar-refractivity contribution >= 4 is 6.03 Å². The summed E-state index contributed by atoms with van der Waals surface area (Å²) in [5.74, 6) is 1.19. The van der Waals surface area contributed by atoms with Crippen LogP contribution in [0.1, 0.15) is 58.8 Å². The van der Waals surface area contributed by atoms with Crippen LogP contribution in [0.15, 0.2) is 0 Å². The van der Waals surface area contributed by atoms with E-state index >= 15 is 0 Å². The average Bonchev–Trinajstić information content (AvgIpc) is 2.59. The Morgan fingerprint density at radius 2 is 1.62 bits per heavy atom. The molecule has 2 unspecified atom stereocenters. The summed E-state index contributed by atoms with van der Waals surface area (Å²) < 4.78 is 0. The molecular weight excluding hydrogens is 302 g/mol. The molecule has 3 fully saturated rings. The topological polar surface area (TPSA) is 55.8 Å². The molecular formula is C19H35N3O2. The van der Waals surface area contributed by atoms with Crippen LogP contribution in [0.4, 0.5) is 4.79 Å². The Balaban J connectivity index is 1.40. The molecule has 2 saturated heterocycles. The van der Waals surface area contributed by atoms with Crippen molar-refractivity contribution in [2.24, 2.45) is 11.8 Å². The highest BCUT2D eigenvalue weighted by Crippen LogP contribution is 2.27. The van der Waals surface area contributed by atoms with Crippen molar-refractivity contribution in [3.05, 3.63) is 0 Å². The minimum Gasteiger partial charge on any atom is -0.391 e. The molecule has 0 bridgehead atoms. The summed E-state index contributed by atoms with van der Waals surface area (Å²) >= 11 is 0. The highest BCUT2D eigenvalue weighted by molar-refractivity contribution is 5.74. The number of carbonyl (C=O) groups is 1. The third-order valence-corrected chi connectivity index (χ3v) is 6.56. The Morgan fingerprint density at radius 3 is 2.25 bits per heavy atom. The lowest BCUT2D eigenvalue weighted by atomic mass is 9.88. The van der Waals surface area contributed by atoms with Gasteiger partial charge in [0, 0.05) is 25.2 Å². The Bertz CT molecular complexity index is 415. The Hall–Kier alpha value is -0.810. The standard InChI is InChI=1S/C19H35N3O2/c1-14-7-10-21(11-8-14)17-5-3-16(4-6-17)20-19(24)22-12-9-15(2)18(23)13-22/h14-18,23H,3-13H2,1-2H3,(H,20,24). The zero-order chi connectivity index (χ0) is 17.1. The van der Waals surface area contributed by atoms with Crippen LogP contribution in [0.5, 0.6) is 0 Å². The normalized spacial score (nSPS) is 36.5. The maximum atomic E-state index is 12.4. The number of hydrogen-bond donors (Lipinski definition) is 2. The summed E-state index contributed by atoms with van der Waals surface area (Å²) in [5.41, 5.74) is 0. The summed E-state index contributed by atoms with van der Waals surface area (Å²) in [6, 6.07) is 1.06. The zero-order valence-electron chi connectivity index (χ0n) is 15.4. The van der Waals surface area contributed by atoms with E-state index in [0.29, 0.717) is 18.5 Å². The predicted molar refractivity (Wildman–Crippen MR) is 95.9 cm³/mol. The second kappa shape index (κ2) is 8.05. The monoisotopic (exact) mass is 337 g/mol. The number of hydrogen-bond acceptors (Lipinski definition) is 3. The van der Waals surface area contributed by atoms with Crippen molar-refractivity contribution in [1.29, 1.82) is 0 Å². The molecule has 0 spiro atoms. The van der Waals surface area contributed by atoms with Crippen LogP contribution in [0.25, 0.3) is 0 Å². The quantitative estimate of drug-likeness (QED) is 0.814. The van der Waals surface area contributed by atoms with Crippen molar-refractivity contribution in [3.8, 4) is 0 Å². The van der Waals surface area contributed by atoms with Crippen LogP contribution in [0.2, 0.25) is 0 Å². The van der Waals surface area contributed by atoms with Crippen molar-refractivity contribution < 1.29 is 9.90 Å². The molecule has 2 N–H and O–H groups in total. The third-order valence-electron chi connectivity index (χ3n) is 6.56. The van der Waals surface area contributed by atoms with Gasteiger partial charge in [0.1, 0.15) is 0 Å². The SMILES string of the molecule is CC1CCN(C2CCC(NC(=O)N3CCC(C)C(O)C3)CC2)CC1. The first-order valence-corrected chi connectivity index (χ1v) is 10.0. The molecule has 3 rings (SSSR count). The summed E-state index contributed by atoms with van der Waals surface area (Å²) in [6.07, 6.45) is 7.80. The molecule has 2 aliphatic heterocycles. The van der Waals surface area contributed by atoms with Crippen LogP contribution < -0.4 is 5.32 Å². The van der Waals surface area contributed by atoms with Gasteiger partial charge in [0.25, 0.3) is 0 Å².